The molecular formula is C13H14ClF2N. The molecule has 1 aliphatic carbocycles. The average Bonchev–Trinajstić information content (AvgIpc) is 2.49. The molecule has 0 aliphatic heterocycles. The number of hydrogen-bond acceptors (Lipinski definition) is 1. The van der Waals surface area contributed by atoms with Gasteiger partial charge in [0.15, 0.2) is 11.6 Å². The molecule has 17 heavy (non-hydrogen) atoms. The van der Waals surface area contributed by atoms with Gasteiger partial charge in [0, 0.05) is 11.6 Å². The topological polar surface area (TPSA) is 26.0 Å². The van der Waals surface area contributed by atoms with Crippen molar-refractivity contribution in [3.05, 3.63) is 40.4 Å². The van der Waals surface area contributed by atoms with Crippen molar-refractivity contribution in [2.24, 2.45) is 5.73 Å². The van der Waals surface area contributed by atoms with E-state index in [0.717, 1.165) is 30.9 Å². The number of allylic oxidation sites excluding steroid dienone is 1. The largest absolute Gasteiger partial charge is 0.324 e. The molecule has 1 aromatic rings. The van der Waals surface area contributed by atoms with Crippen molar-refractivity contribution in [2.45, 2.75) is 31.7 Å². The van der Waals surface area contributed by atoms with E-state index in [2.05, 4.69) is 0 Å². The number of rotatable bonds is 1. The van der Waals surface area contributed by atoms with Gasteiger partial charge >= 0.3 is 0 Å². The van der Waals surface area contributed by atoms with E-state index >= 15 is 0 Å². The summed E-state index contributed by atoms with van der Waals surface area (Å²) in [6, 6.07) is 2.32. The molecule has 0 amide bonds. The number of benzene rings is 1. The van der Waals surface area contributed by atoms with E-state index in [0.29, 0.717) is 6.42 Å². The average molecular weight is 258 g/mol. The molecule has 0 aromatic heterocycles. The molecule has 0 saturated carbocycles. The molecule has 0 fully saturated rings. The van der Waals surface area contributed by atoms with Gasteiger partial charge in [-0.15, -0.1) is 0 Å². The smallest absolute Gasteiger partial charge is 0.167 e. The third-order valence-electron chi connectivity index (χ3n) is 3.01. The number of hydrogen-bond donors (Lipinski definition) is 1. The Bertz CT molecular complexity index is 457. The van der Waals surface area contributed by atoms with Crippen LogP contribution in [0.25, 0.3) is 5.57 Å². The van der Waals surface area contributed by atoms with Gasteiger partial charge in [-0.1, -0.05) is 24.1 Å². The lowest BCUT2D eigenvalue weighted by atomic mass is 10.00. The van der Waals surface area contributed by atoms with E-state index < -0.39 is 11.6 Å². The van der Waals surface area contributed by atoms with E-state index in [1.54, 1.807) is 6.08 Å². The summed E-state index contributed by atoms with van der Waals surface area (Å²) in [5.41, 5.74) is 6.75. The highest BCUT2D eigenvalue weighted by molar-refractivity contribution is 6.32. The monoisotopic (exact) mass is 257 g/mol. The SMILES string of the molecule is NC1C=C(c2c(Cl)ccc(F)c2F)CCCC1. The second-order valence-electron chi connectivity index (χ2n) is 4.32. The van der Waals surface area contributed by atoms with Gasteiger partial charge < -0.3 is 5.73 Å². The highest BCUT2D eigenvalue weighted by Gasteiger charge is 2.18. The van der Waals surface area contributed by atoms with Crippen LogP contribution in [0.15, 0.2) is 18.2 Å². The maximum absolute atomic E-state index is 13.8. The molecule has 0 bridgehead atoms. The maximum atomic E-state index is 13.8. The van der Waals surface area contributed by atoms with Crippen molar-refractivity contribution in [1.29, 1.82) is 0 Å². The van der Waals surface area contributed by atoms with E-state index in [1.165, 1.54) is 6.07 Å². The molecule has 0 saturated heterocycles. The van der Waals surface area contributed by atoms with Crippen molar-refractivity contribution < 1.29 is 8.78 Å². The highest BCUT2D eigenvalue weighted by atomic mass is 35.5. The summed E-state index contributed by atoms with van der Waals surface area (Å²) in [5, 5.41) is 0.240. The summed E-state index contributed by atoms with van der Waals surface area (Å²) in [7, 11) is 0. The fourth-order valence-electron chi connectivity index (χ4n) is 2.15. The van der Waals surface area contributed by atoms with Crippen LogP contribution in [0.1, 0.15) is 31.2 Å². The molecule has 92 valence electrons. The third kappa shape index (κ3) is 2.67. The highest BCUT2D eigenvalue weighted by Crippen LogP contribution is 2.33. The molecule has 2 N–H and O–H groups in total. The van der Waals surface area contributed by atoms with Crippen molar-refractivity contribution >= 4 is 17.2 Å². The molecule has 4 heteroatoms. The van der Waals surface area contributed by atoms with Gasteiger partial charge in [0.25, 0.3) is 0 Å². The Morgan fingerprint density at radius 3 is 2.76 bits per heavy atom. The first-order valence-corrected chi connectivity index (χ1v) is 6.07. The molecule has 0 radical (unpaired) electrons. The van der Waals surface area contributed by atoms with Crippen LogP contribution < -0.4 is 5.73 Å². The molecular weight excluding hydrogens is 244 g/mol. The standard InChI is InChI=1S/C13H14ClF2N/c14-10-5-6-11(15)13(16)12(10)8-3-1-2-4-9(17)7-8/h5-7,9H,1-4,17H2. The zero-order valence-corrected chi connectivity index (χ0v) is 10.1. The molecule has 1 aromatic carbocycles. The van der Waals surface area contributed by atoms with Crippen molar-refractivity contribution in [3.63, 3.8) is 0 Å². The van der Waals surface area contributed by atoms with Crippen LogP contribution in [0.2, 0.25) is 5.02 Å². The minimum atomic E-state index is -0.877. The van der Waals surface area contributed by atoms with Crippen molar-refractivity contribution in [3.8, 4) is 0 Å². The van der Waals surface area contributed by atoms with Crippen LogP contribution in [0, 0.1) is 11.6 Å². The van der Waals surface area contributed by atoms with Gasteiger partial charge in [-0.2, -0.15) is 0 Å². The fraction of sp³-hybridized carbons (Fsp3) is 0.385. The van der Waals surface area contributed by atoms with Crippen LogP contribution in [0.5, 0.6) is 0 Å². The van der Waals surface area contributed by atoms with Crippen molar-refractivity contribution in [2.75, 3.05) is 0 Å². The van der Waals surface area contributed by atoms with Crippen LogP contribution in [0.4, 0.5) is 8.78 Å². The van der Waals surface area contributed by atoms with Crippen LogP contribution in [-0.4, -0.2) is 6.04 Å². The van der Waals surface area contributed by atoms with E-state index in [1.807, 2.05) is 0 Å². The predicted molar refractivity (Wildman–Crippen MR) is 65.8 cm³/mol. The molecule has 2 rings (SSSR count). The second-order valence-corrected chi connectivity index (χ2v) is 4.73. The molecule has 0 heterocycles. The summed E-state index contributed by atoms with van der Waals surface area (Å²) in [4.78, 5) is 0. The van der Waals surface area contributed by atoms with E-state index in [9.17, 15) is 8.78 Å². The first kappa shape index (κ1) is 12.5. The van der Waals surface area contributed by atoms with Crippen molar-refractivity contribution in [1.82, 2.24) is 0 Å². The third-order valence-corrected chi connectivity index (χ3v) is 3.33. The Balaban J connectivity index is 2.48. The van der Waals surface area contributed by atoms with Gasteiger partial charge in [0.1, 0.15) is 0 Å². The zero-order valence-electron chi connectivity index (χ0n) is 9.35. The minimum Gasteiger partial charge on any atom is -0.324 e. The number of halogens is 3. The fourth-order valence-corrected chi connectivity index (χ4v) is 2.42. The molecule has 1 atom stereocenters. The van der Waals surface area contributed by atoms with E-state index in [4.69, 9.17) is 17.3 Å². The molecule has 1 nitrogen and oxygen atoms in total. The van der Waals surface area contributed by atoms with E-state index in [-0.39, 0.29) is 16.6 Å². The Labute approximate surface area is 104 Å². The molecule has 0 spiro atoms. The van der Waals surface area contributed by atoms with Gasteiger partial charge in [-0.25, -0.2) is 8.78 Å². The Morgan fingerprint density at radius 1 is 1.24 bits per heavy atom. The molecule has 1 aliphatic rings. The summed E-state index contributed by atoms with van der Waals surface area (Å²) in [6.07, 6.45) is 5.28. The summed E-state index contributed by atoms with van der Waals surface area (Å²) in [6.45, 7) is 0. The summed E-state index contributed by atoms with van der Waals surface area (Å²) in [5.74, 6) is -1.75. The minimum absolute atomic E-state index is 0.105. The van der Waals surface area contributed by atoms with Crippen LogP contribution in [-0.2, 0) is 0 Å². The second kappa shape index (κ2) is 5.15. The normalized spacial score (nSPS) is 20.9. The van der Waals surface area contributed by atoms with Gasteiger partial charge in [0.05, 0.1) is 5.02 Å². The number of nitrogens with two attached hydrogens (primary N) is 1. The van der Waals surface area contributed by atoms with Gasteiger partial charge in [0.2, 0.25) is 0 Å². The first-order chi connectivity index (χ1) is 8.09. The molecule has 1 unspecified atom stereocenters. The Hall–Kier alpha value is -0.930. The van der Waals surface area contributed by atoms with Crippen LogP contribution >= 0.6 is 11.6 Å². The summed E-state index contributed by atoms with van der Waals surface area (Å²) < 4.78 is 27.0. The lowest BCUT2D eigenvalue weighted by Gasteiger charge is -2.11. The summed E-state index contributed by atoms with van der Waals surface area (Å²) >= 11 is 5.95. The van der Waals surface area contributed by atoms with Gasteiger partial charge in [-0.3, -0.25) is 0 Å². The lowest BCUT2D eigenvalue weighted by Crippen LogP contribution is -2.15. The maximum Gasteiger partial charge on any atom is 0.167 e. The Kier molecular flexibility index (Phi) is 3.79. The lowest BCUT2D eigenvalue weighted by molar-refractivity contribution is 0.506. The first-order valence-electron chi connectivity index (χ1n) is 5.69. The quantitative estimate of drug-likeness (QED) is 0.759. The van der Waals surface area contributed by atoms with Gasteiger partial charge in [-0.05, 0) is 37.0 Å². The predicted octanol–water partition coefficient (Wildman–Crippen LogP) is 3.90. The Morgan fingerprint density at radius 2 is 2.00 bits per heavy atom. The zero-order chi connectivity index (χ0) is 12.4. The van der Waals surface area contributed by atoms with Crippen LogP contribution in [0.3, 0.4) is 0 Å².